The number of nitrogens with two attached hydrogens (primary N) is 1. The number of aromatic nitrogens is 3. The Morgan fingerprint density at radius 2 is 2.14 bits per heavy atom. The van der Waals surface area contributed by atoms with E-state index in [0.717, 1.165) is 12.8 Å². The first kappa shape index (κ1) is 24.7. The van der Waals surface area contributed by atoms with Crippen LogP contribution in [0, 0.1) is 17.2 Å². The molecule has 1 fully saturated rings. The number of alkyl halides is 3. The summed E-state index contributed by atoms with van der Waals surface area (Å²) >= 11 is 0. The van der Waals surface area contributed by atoms with Gasteiger partial charge in [0.1, 0.15) is 6.54 Å². The van der Waals surface area contributed by atoms with Crippen LogP contribution in [0.5, 0.6) is 0 Å². The zero-order valence-corrected chi connectivity index (χ0v) is 19.0. The summed E-state index contributed by atoms with van der Waals surface area (Å²) in [7, 11) is 0. The van der Waals surface area contributed by atoms with E-state index in [9.17, 15) is 18.0 Å². The van der Waals surface area contributed by atoms with Gasteiger partial charge in [0, 0.05) is 34.8 Å². The van der Waals surface area contributed by atoms with Gasteiger partial charge in [-0.3, -0.25) is 4.99 Å². The number of carbonyl (C=O) groups is 1. The summed E-state index contributed by atoms with van der Waals surface area (Å²) in [5.74, 6) is 0.441. The molecule has 36 heavy (non-hydrogen) atoms. The van der Waals surface area contributed by atoms with Gasteiger partial charge in [0.25, 0.3) is 0 Å². The standard InChI is InChI=1S/C24H23F3N8O/c25-24(26,27)14-32-23(36)34-19-3-1-2-16(8-19)21-13-31-22-9-17(12-33-35(21)22)18(10-29)11-30-20(6-7-28)15-4-5-15/h1-3,8-13,15,20H,4-6,14,29H2,(H2,32,34,36). The van der Waals surface area contributed by atoms with Crippen molar-refractivity contribution in [3.05, 3.63) is 54.5 Å². The number of rotatable bonds is 8. The van der Waals surface area contributed by atoms with Crippen molar-refractivity contribution in [3.8, 4) is 17.3 Å². The molecule has 1 saturated carbocycles. The Bertz CT molecular complexity index is 1350. The summed E-state index contributed by atoms with van der Waals surface area (Å²) in [4.78, 5) is 20.7. The fourth-order valence-electron chi connectivity index (χ4n) is 3.65. The molecule has 0 radical (unpaired) electrons. The summed E-state index contributed by atoms with van der Waals surface area (Å²) < 4.78 is 38.5. The molecule has 0 spiro atoms. The average molecular weight is 496 g/mol. The SMILES string of the molecule is N#CCC(N=CC(=CN)c1cnn2c(-c3cccc(NC(=O)NCC(F)(F)F)c3)cnc2c1)C1CC1. The highest BCUT2D eigenvalue weighted by atomic mass is 19.4. The molecule has 0 bridgehead atoms. The maximum absolute atomic E-state index is 12.3. The number of benzene rings is 1. The maximum Gasteiger partial charge on any atom is 0.405 e. The van der Waals surface area contributed by atoms with Crippen LogP contribution in [0.2, 0.25) is 0 Å². The van der Waals surface area contributed by atoms with Crippen molar-refractivity contribution in [2.75, 3.05) is 11.9 Å². The molecule has 1 aliphatic carbocycles. The van der Waals surface area contributed by atoms with Gasteiger partial charge < -0.3 is 16.4 Å². The molecule has 0 aliphatic heterocycles. The third kappa shape index (κ3) is 6.18. The van der Waals surface area contributed by atoms with E-state index in [0.29, 0.717) is 46.1 Å². The van der Waals surface area contributed by atoms with Gasteiger partial charge in [0.2, 0.25) is 0 Å². The zero-order chi connectivity index (χ0) is 25.7. The van der Waals surface area contributed by atoms with E-state index >= 15 is 0 Å². The minimum absolute atomic E-state index is 0.0453. The number of carbonyl (C=O) groups excluding carboxylic acids is 1. The van der Waals surface area contributed by atoms with Gasteiger partial charge in [-0.05, 0) is 37.0 Å². The highest BCUT2D eigenvalue weighted by Crippen LogP contribution is 2.36. The number of allylic oxidation sites excluding steroid dienone is 1. The lowest BCUT2D eigenvalue weighted by Crippen LogP contribution is -2.36. The monoisotopic (exact) mass is 496 g/mol. The highest BCUT2D eigenvalue weighted by Gasteiger charge is 2.30. The molecule has 2 amide bonds. The molecule has 4 rings (SSSR count). The predicted octanol–water partition coefficient (Wildman–Crippen LogP) is 4.14. The molecule has 4 N–H and O–H groups in total. The van der Waals surface area contributed by atoms with Gasteiger partial charge in [-0.15, -0.1) is 0 Å². The second-order valence-electron chi connectivity index (χ2n) is 8.33. The lowest BCUT2D eigenvalue weighted by molar-refractivity contribution is -0.122. The first-order chi connectivity index (χ1) is 17.3. The van der Waals surface area contributed by atoms with Crippen LogP contribution in [0.1, 0.15) is 24.8 Å². The number of halogens is 3. The lowest BCUT2D eigenvalue weighted by atomic mass is 10.1. The van der Waals surface area contributed by atoms with E-state index in [1.165, 1.54) is 6.20 Å². The minimum Gasteiger partial charge on any atom is -0.404 e. The third-order valence-corrected chi connectivity index (χ3v) is 5.61. The number of nitrogens with one attached hydrogen (secondary N) is 2. The second-order valence-corrected chi connectivity index (χ2v) is 8.33. The number of hydrogen-bond acceptors (Lipinski definition) is 6. The van der Waals surface area contributed by atoms with Gasteiger partial charge in [-0.1, -0.05) is 12.1 Å². The molecule has 3 aromatic rings. The molecule has 1 atom stereocenters. The van der Waals surface area contributed by atoms with Crippen LogP contribution in [0.3, 0.4) is 0 Å². The van der Waals surface area contributed by atoms with Crippen molar-refractivity contribution in [2.45, 2.75) is 31.5 Å². The minimum atomic E-state index is -4.50. The van der Waals surface area contributed by atoms with E-state index < -0.39 is 18.8 Å². The smallest absolute Gasteiger partial charge is 0.404 e. The van der Waals surface area contributed by atoms with Gasteiger partial charge >= 0.3 is 12.2 Å². The topological polar surface area (TPSA) is 133 Å². The molecule has 2 heterocycles. The van der Waals surface area contributed by atoms with Gasteiger partial charge in [0.15, 0.2) is 5.65 Å². The molecule has 2 aromatic heterocycles. The van der Waals surface area contributed by atoms with Crippen molar-refractivity contribution in [1.29, 1.82) is 5.26 Å². The van der Waals surface area contributed by atoms with Crippen molar-refractivity contribution < 1.29 is 18.0 Å². The number of urea groups is 1. The van der Waals surface area contributed by atoms with Crippen LogP contribution in [-0.4, -0.2) is 45.6 Å². The zero-order valence-electron chi connectivity index (χ0n) is 19.0. The van der Waals surface area contributed by atoms with E-state index in [1.54, 1.807) is 58.8 Å². The quantitative estimate of drug-likeness (QED) is 0.403. The number of imidazole rings is 1. The molecule has 0 saturated heterocycles. The predicted molar refractivity (Wildman–Crippen MR) is 129 cm³/mol. The summed E-state index contributed by atoms with van der Waals surface area (Å²) in [6, 6.07) is 9.56. The van der Waals surface area contributed by atoms with Crippen LogP contribution in [0.4, 0.5) is 23.7 Å². The van der Waals surface area contributed by atoms with Crippen molar-refractivity contribution in [2.24, 2.45) is 16.6 Å². The fraction of sp³-hybridized carbons (Fsp3) is 0.292. The molecular weight excluding hydrogens is 473 g/mol. The van der Waals surface area contributed by atoms with Crippen molar-refractivity contribution >= 4 is 29.2 Å². The van der Waals surface area contributed by atoms with Gasteiger partial charge in [-0.25, -0.2) is 14.3 Å². The Hall–Kier alpha value is -4.40. The number of nitrogens with zero attached hydrogens (tertiary/aromatic N) is 5. The number of fused-ring (bicyclic) bond motifs is 1. The lowest BCUT2D eigenvalue weighted by Gasteiger charge is -2.10. The largest absolute Gasteiger partial charge is 0.405 e. The van der Waals surface area contributed by atoms with Crippen LogP contribution >= 0.6 is 0 Å². The maximum atomic E-state index is 12.3. The molecule has 12 heteroatoms. The molecule has 1 aromatic carbocycles. The number of hydrogen-bond donors (Lipinski definition) is 3. The van der Waals surface area contributed by atoms with Crippen LogP contribution in [-0.2, 0) is 0 Å². The van der Waals surface area contributed by atoms with E-state index in [2.05, 4.69) is 26.5 Å². The molecule has 186 valence electrons. The van der Waals surface area contributed by atoms with E-state index in [-0.39, 0.29) is 6.04 Å². The molecule has 1 unspecified atom stereocenters. The Labute approximate surface area is 204 Å². The normalized spacial score (nSPS) is 15.1. The summed E-state index contributed by atoms with van der Waals surface area (Å²) in [6.07, 6.45) is 4.32. The second kappa shape index (κ2) is 10.5. The Balaban J connectivity index is 1.52. The number of amides is 2. The number of anilines is 1. The Kier molecular flexibility index (Phi) is 7.19. The van der Waals surface area contributed by atoms with Gasteiger partial charge in [0.05, 0.1) is 36.6 Å². The number of aliphatic imine (C=N–C) groups is 1. The first-order valence-corrected chi connectivity index (χ1v) is 11.2. The fourth-order valence-corrected chi connectivity index (χ4v) is 3.65. The van der Waals surface area contributed by atoms with Crippen molar-refractivity contribution in [3.63, 3.8) is 0 Å². The third-order valence-electron chi connectivity index (χ3n) is 5.61. The highest BCUT2D eigenvalue weighted by molar-refractivity contribution is 6.09. The molecule has 9 nitrogen and oxygen atoms in total. The summed E-state index contributed by atoms with van der Waals surface area (Å²) in [5, 5.41) is 17.6. The van der Waals surface area contributed by atoms with Crippen molar-refractivity contribution in [1.82, 2.24) is 19.9 Å². The van der Waals surface area contributed by atoms with Crippen LogP contribution in [0.15, 0.2) is 53.9 Å². The van der Waals surface area contributed by atoms with E-state index in [4.69, 9.17) is 11.0 Å². The molecular formula is C24H23F3N8O. The summed E-state index contributed by atoms with van der Waals surface area (Å²) in [6.45, 7) is -1.43. The Morgan fingerprint density at radius 3 is 2.83 bits per heavy atom. The van der Waals surface area contributed by atoms with Crippen LogP contribution in [0.25, 0.3) is 22.5 Å². The average Bonchev–Trinajstić information content (AvgIpc) is 3.61. The summed E-state index contributed by atoms with van der Waals surface area (Å²) in [5.41, 5.74) is 9.29. The molecule has 1 aliphatic rings. The van der Waals surface area contributed by atoms with Crippen LogP contribution < -0.4 is 16.4 Å². The number of nitriles is 1. The first-order valence-electron chi connectivity index (χ1n) is 11.2. The van der Waals surface area contributed by atoms with E-state index in [1.807, 2.05) is 0 Å². The Morgan fingerprint density at radius 1 is 1.33 bits per heavy atom. The van der Waals surface area contributed by atoms with Gasteiger partial charge in [-0.2, -0.15) is 23.5 Å².